The second-order valence-electron chi connectivity index (χ2n) is 5.30. The molecule has 0 radical (unpaired) electrons. The summed E-state index contributed by atoms with van der Waals surface area (Å²) in [6, 6.07) is 11.3. The van der Waals surface area contributed by atoms with Crippen molar-refractivity contribution < 1.29 is 14.6 Å². The summed E-state index contributed by atoms with van der Waals surface area (Å²) in [6.45, 7) is 4.04. The first-order valence-electron chi connectivity index (χ1n) is 6.91. The van der Waals surface area contributed by atoms with Gasteiger partial charge >= 0.3 is 0 Å². The van der Waals surface area contributed by atoms with Gasteiger partial charge in [0.15, 0.2) is 0 Å². The van der Waals surface area contributed by atoms with Crippen LogP contribution in [0.5, 0.6) is 17.2 Å². The Balaban J connectivity index is 2.00. The monoisotopic (exact) mass is 282 g/mol. The number of hydrogen-bond acceptors (Lipinski definition) is 3. The Morgan fingerprint density at radius 1 is 1.10 bits per heavy atom. The van der Waals surface area contributed by atoms with E-state index in [1.165, 1.54) is 0 Å². The summed E-state index contributed by atoms with van der Waals surface area (Å²) >= 11 is 0. The van der Waals surface area contributed by atoms with Gasteiger partial charge in [0, 0.05) is 5.56 Å². The van der Waals surface area contributed by atoms with Gasteiger partial charge in [0.2, 0.25) is 0 Å². The van der Waals surface area contributed by atoms with Gasteiger partial charge in [-0.2, -0.15) is 0 Å². The molecule has 3 nitrogen and oxygen atoms in total. The molecular weight excluding hydrogens is 264 g/mol. The lowest BCUT2D eigenvalue weighted by Gasteiger charge is -2.25. The van der Waals surface area contributed by atoms with Crippen molar-refractivity contribution in [3.05, 3.63) is 59.2 Å². The zero-order chi connectivity index (χ0) is 15.0. The van der Waals surface area contributed by atoms with Gasteiger partial charge in [-0.1, -0.05) is 12.1 Å². The quantitative estimate of drug-likeness (QED) is 0.895. The molecule has 0 bridgehead atoms. The van der Waals surface area contributed by atoms with Crippen molar-refractivity contribution in [3.8, 4) is 17.2 Å². The van der Waals surface area contributed by atoms with Gasteiger partial charge in [-0.3, -0.25) is 0 Å². The third-order valence-corrected chi connectivity index (χ3v) is 3.80. The lowest BCUT2D eigenvalue weighted by Crippen LogP contribution is -2.11. The molecule has 1 N–H and O–H groups in total. The van der Waals surface area contributed by atoms with Crippen molar-refractivity contribution >= 4 is 5.57 Å². The summed E-state index contributed by atoms with van der Waals surface area (Å²) in [5.74, 6) is 1.90. The number of allylic oxidation sites excluding steroid dienone is 1. The zero-order valence-corrected chi connectivity index (χ0v) is 12.4. The van der Waals surface area contributed by atoms with Crippen LogP contribution in [-0.4, -0.2) is 12.2 Å². The van der Waals surface area contributed by atoms with Crippen molar-refractivity contribution in [1.82, 2.24) is 0 Å². The maximum Gasteiger partial charge on any atom is 0.143 e. The fraction of sp³-hybridized carbons (Fsp3) is 0.222. The highest BCUT2D eigenvalue weighted by molar-refractivity contribution is 5.72. The summed E-state index contributed by atoms with van der Waals surface area (Å²) in [5, 5.41) is 9.59. The van der Waals surface area contributed by atoms with E-state index in [-0.39, 0.29) is 11.9 Å². The number of aryl methyl sites for hydroxylation is 1. The molecule has 3 heteroatoms. The standard InChI is InChI=1S/C18H18O3/c1-11-4-5-13(9-17(11)20-3)18-8-12(2)15-10-14(19)6-7-16(15)21-18/h4-10,18-19H,1-3H3. The van der Waals surface area contributed by atoms with Gasteiger partial charge in [0.05, 0.1) is 7.11 Å². The summed E-state index contributed by atoms with van der Waals surface area (Å²) in [6.07, 6.45) is 1.92. The molecule has 0 saturated carbocycles. The number of methoxy groups -OCH3 is 1. The minimum absolute atomic E-state index is 0.142. The van der Waals surface area contributed by atoms with E-state index >= 15 is 0 Å². The van der Waals surface area contributed by atoms with Gasteiger partial charge in [-0.15, -0.1) is 0 Å². The number of fused-ring (bicyclic) bond motifs is 1. The number of benzene rings is 2. The number of hydrogen-bond donors (Lipinski definition) is 1. The number of phenolic OH excluding ortho intramolecular Hbond substituents is 1. The van der Waals surface area contributed by atoms with Crippen molar-refractivity contribution in [2.75, 3.05) is 7.11 Å². The van der Waals surface area contributed by atoms with Crippen molar-refractivity contribution in [2.24, 2.45) is 0 Å². The predicted octanol–water partition coefficient (Wildman–Crippen LogP) is 4.25. The summed E-state index contributed by atoms with van der Waals surface area (Å²) < 4.78 is 11.4. The molecule has 21 heavy (non-hydrogen) atoms. The van der Waals surface area contributed by atoms with Crippen LogP contribution in [0.3, 0.4) is 0 Å². The van der Waals surface area contributed by atoms with E-state index in [0.29, 0.717) is 0 Å². The van der Waals surface area contributed by atoms with Gasteiger partial charge in [-0.25, -0.2) is 0 Å². The van der Waals surface area contributed by atoms with Gasteiger partial charge in [0.1, 0.15) is 23.4 Å². The Labute approximate surface area is 124 Å². The molecule has 1 unspecified atom stereocenters. The van der Waals surface area contributed by atoms with Crippen LogP contribution in [0.2, 0.25) is 0 Å². The minimum Gasteiger partial charge on any atom is -0.508 e. The first-order valence-corrected chi connectivity index (χ1v) is 6.91. The highest BCUT2D eigenvalue weighted by Gasteiger charge is 2.21. The summed E-state index contributed by atoms with van der Waals surface area (Å²) in [4.78, 5) is 0. The molecule has 3 rings (SSSR count). The van der Waals surface area contributed by atoms with Crippen molar-refractivity contribution in [3.63, 3.8) is 0 Å². The van der Waals surface area contributed by atoms with E-state index in [1.54, 1.807) is 25.3 Å². The van der Waals surface area contributed by atoms with E-state index in [4.69, 9.17) is 9.47 Å². The van der Waals surface area contributed by atoms with E-state index in [0.717, 1.165) is 33.8 Å². The molecule has 0 aromatic heterocycles. The molecule has 1 aliphatic rings. The third-order valence-electron chi connectivity index (χ3n) is 3.80. The Hall–Kier alpha value is -2.42. The Morgan fingerprint density at radius 2 is 1.90 bits per heavy atom. The number of rotatable bonds is 2. The first kappa shape index (κ1) is 13.6. The van der Waals surface area contributed by atoms with E-state index in [1.807, 2.05) is 26.0 Å². The topological polar surface area (TPSA) is 38.7 Å². The highest BCUT2D eigenvalue weighted by Crippen LogP contribution is 2.39. The normalized spacial score (nSPS) is 16.7. The second kappa shape index (κ2) is 5.17. The summed E-state index contributed by atoms with van der Waals surface area (Å²) in [7, 11) is 1.67. The molecule has 0 fully saturated rings. The first-order chi connectivity index (χ1) is 10.1. The summed E-state index contributed by atoms with van der Waals surface area (Å²) in [5.41, 5.74) is 4.18. The molecule has 108 valence electrons. The molecule has 0 amide bonds. The predicted molar refractivity (Wildman–Crippen MR) is 82.9 cm³/mol. The van der Waals surface area contributed by atoms with Crippen molar-refractivity contribution in [1.29, 1.82) is 0 Å². The lowest BCUT2D eigenvalue weighted by atomic mass is 9.97. The van der Waals surface area contributed by atoms with Gasteiger partial charge < -0.3 is 14.6 Å². The Bertz CT molecular complexity index is 716. The van der Waals surface area contributed by atoms with Crippen LogP contribution < -0.4 is 9.47 Å². The van der Waals surface area contributed by atoms with E-state index in [2.05, 4.69) is 12.1 Å². The maximum absolute atomic E-state index is 9.59. The molecule has 0 aliphatic carbocycles. The molecule has 0 saturated heterocycles. The number of phenols is 1. The molecule has 2 aromatic rings. The fourth-order valence-electron chi connectivity index (χ4n) is 2.59. The van der Waals surface area contributed by atoms with Crippen LogP contribution in [-0.2, 0) is 0 Å². The van der Waals surface area contributed by atoms with Crippen molar-refractivity contribution in [2.45, 2.75) is 20.0 Å². The smallest absolute Gasteiger partial charge is 0.143 e. The molecule has 1 aliphatic heterocycles. The molecule has 0 spiro atoms. The molecule has 1 atom stereocenters. The van der Waals surface area contributed by atoms with Crippen LogP contribution in [0.25, 0.3) is 5.57 Å². The lowest BCUT2D eigenvalue weighted by molar-refractivity contribution is 0.249. The fourth-order valence-corrected chi connectivity index (χ4v) is 2.59. The molecular formula is C18H18O3. The van der Waals surface area contributed by atoms with Gasteiger partial charge in [0.25, 0.3) is 0 Å². The number of aromatic hydroxyl groups is 1. The third kappa shape index (κ3) is 2.47. The average molecular weight is 282 g/mol. The zero-order valence-electron chi connectivity index (χ0n) is 12.4. The van der Waals surface area contributed by atoms with Crippen LogP contribution in [0.4, 0.5) is 0 Å². The molecule has 1 heterocycles. The SMILES string of the molecule is COc1cc(C2C=C(C)c3cc(O)ccc3O2)ccc1C. The molecule has 2 aromatic carbocycles. The largest absolute Gasteiger partial charge is 0.508 e. The Kier molecular flexibility index (Phi) is 3.34. The highest BCUT2D eigenvalue weighted by atomic mass is 16.5. The van der Waals surface area contributed by atoms with E-state index in [9.17, 15) is 5.11 Å². The van der Waals surface area contributed by atoms with Crippen LogP contribution in [0.15, 0.2) is 42.5 Å². The van der Waals surface area contributed by atoms with Crippen LogP contribution >= 0.6 is 0 Å². The maximum atomic E-state index is 9.59. The van der Waals surface area contributed by atoms with Crippen LogP contribution in [0.1, 0.15) is 29.7 Å². The Morgan fingerprint density at radius 3 is 2.67 bits per heavy atom. The minimum atomic E-state index is -0.142. The number of ether oxygens (including phenoxy) is 2. The average Bonchev–Trinajstić information content (AvgIpc) is 2.48. The van der Waals surface area contributed by atoms with Crippen LogP contribution in [0, 0.1) is 6.92 Å². The van der Waals surface area contributed by atoms with E-state index < -0.39 is 0 Å². The second-order valence-corrected chi connectivity index (χ2v) is 5.30. The van der Waals surface area contributed by atoms with Gasteiger partial charge in [-0.05, 0) is 60.9 Å².